The van der Waals surface area contributed by atoms with Gasteiger partial charge in [0, 0.05) is 13.1 Å². The van der Waals surface area contributed by atoms with E-state index in [2.05, 4.69) is 42.3 Å². The van der Waals surface area contributed by atoms with Crippen molar-refractivity contribution in [2.75, 3.05) is 23.3 Å². The molecule has 3 nitrogen and oxygen atoms in total. The predicted molar refractivity (Wildman–Crippen MR) is 105 cm³/mol. The number of nitrogens with zero attached hydrogens (tertiary/aromatic N) is 1. The maximum atomic E-state index is 13.1. The molecule has 0 bridgehead atoms. The number of para-hydroxylation sites is 2. The fourth-order valence-corrected chi connectivity index (χ4v) is 3.58. The van der Waals surface area contributed by atoms with Crippen molar-refractivity contribution < 1.29 is 4.79 Å². The van der Waals surface area contributed by atoms with Crippen LogP contribution in [0.1, 0.15) is 44.6 Å². The SMILES string of the molecule is CC(C)CC(C(=O)Nc1ccccc1N1CCCC1)c1ccccc1. The third kappa shape index (κ3) is 4.41. The maximum absolute atomic E-state index is 13.1. The third-order valence-electron chi connectivity index (χ3n) is 4.83. The second-order valence-corrected chi connectivity index (χ2v) is 7.29. The molecule has 1 aliphatic heterocycles. The first kappa shape index (κ1) is 17.5. The van der Waals surface area contributed by atoms with Crippen molar-refractivity contribution in [2.24, 2.45) is 5.92 Å². The van der Waals surface area contributed by atoms with Gasteiger partial charge in [-0.15, -0.1) is 0 Å². The Balaban J connectivity index is 1.82. The number of rotatable bonds is 6. The summed E-state index contributed by atoms with van der Waals surface area (Å²) in [6.45, 7) is 6.48. The normalized spacial score (nSPS) is 15.4. The average molecular weight is 336 g/mol. The van der Waals surface area contributed by atoms with E-state index in [0.717, 1.165) is 36.4 Å². The minimum atomic E-state index is -0.118. The molecule has 3 heteroatoms. The summed E-state index contributed by atoms with van der Waals surface area (Å²) in [5.74, 6) is 0.434. The smallest absolute Gasteiger partial charge is 0.231 e. The minimum Gasteiger partial charge on any atom is -0.370 e. The van der Waals surface area contributed by atoms with E-state index in [0.29, 0.717) is 5.92 Å². The molecule has 2 aromatic rings. The van der Waals surface area contributed by atoms with E-state index in [1.165, 1.54) is 12.8 Å². The molecule has 1 aliphatic rings. The molecular formula is C22H28N2O. The summed E-state index contributed by atoms with van der Waals surface area (Å²) < 4.78 is 0. The highest BCUT2D eigenvalue weighted by atomic mass is 16.1. The van der Waals surface area contributed by atoms with Crippen molar-refractivity contribution in [3.05, 3.63) is 60.2 Å². The van der Waals surface area contributed by atoms with Gasteiger partial charge in [-0.2, -0.15) is 0 Å². The van der Waals surface area contributed by atoms with Crippen LogP contribution in [0.4, 0.5) is 11.4 Å². The molecule has 0 saturated carbocycles. The number of anilines is 2. The van der Waals surface area contributed by atoms with Crippen LogP contribution in [0.15, 0.2) is 54.6 Å². The first-order valence-electron chi connectivity index (χ1n) is 9.35. The zero-order chi connectivity index (χ0) is 17.6. The Morgan fingerprint density at radius 1 is 1.00 bits per heavy atom. The van der Waals surface area contributed by atoms with Crippen molar-refractivity contribution in [2.45, 2.75) is 39.0 Å². The first-order chi connectivity index (χ1) is 12.1. The molecular weight excluding hydrogens is 308 g/mol. The predicted octanol–water partition coefficient (Wildman–Crippen LogP) is 5.06. The van der Waals surface area contributed by atoms with Gasteiger partial charge in [0.15, 0.2) is 0 Å². The molecule has 0 radical (unpaired) electrons. The number of benzene rings is 2. The highest BCUT2D eigenvalue weighted by Gasteiger charge is 2.23. The molecule has 0 aromatic heterocycles. The van der Waals surface area contributed by atoms with Crippen molar-refractivity contribution in [1.29, 1.82) is 0 Å². The lowest BCUT2D eigenvalue weighted by Crippen LogP contribution is -2.25. The van der Waals surface area contributed by atoms with Gasteiger partial charge in [0.25, 0.3) is 0 Å². The van der Waals surface area contributed by atoms with Gasteiger partial charge in [-0.25, -0.2) is 0 Å². The van der Waals surface area contributed by atoms with Gasteiger partial charge in [-0.05, 0) is 42.9 Å². The van der Waals surface area contributed by atoms with Crippen molar-refractivity contribution in [3.63, 3.8) is 0 Å². The van der Waals surface area contributed by atoms with Gasteiger partial charge in [-0.1, -0.05) is 56.3 Å². The van der Waals surface area contributed by atoms with Crippen LogP contribution >= 0.6 is 0 Å². The molecule has 132 valence electrons. The van der Waals surface area contributed by atoms with E-state index in [1.54, 1.807) is 0 Å². The van der Waals surface area contributed by atoms with Gasteiger partial charge >= 0.3 is 0 Å². The van der Waals surface area contributed by atoms with Crippen LogP contribution in [-0.4, -0.2) is 19.0 Å². The standard InChI is InChI=1S/C22H28N2O/c1-17(2)16-19(18-10-4-3-5-11-18)22(25)23-20-12-6-7-13-21(20)24-14-8-9-15-24/h3-7,10-13,17,19H,8-9,14-16H2,1-2H3,(H,23,25). The maximum Gasteiger partial charge on any atom is 0.231 e. The van der Waals surface area contributed by atoms with Crippen LogP contribution in [-0.2, 0) is 4.79 Å². The van der Waals surface area contributed by atoms with E-state index in [9.17, 15) is 4.79 Å². The molecule has 2 aromatic carbocycles. The molecule has 1 N–H and O–H groups in total. The fourth-order valence-electron chi connectivity index (χ4n) is 3.58. The quantitative estimate of drug-likeness (QED) is 0.800. The molecule has 1 saturated heterocycles. The van der Waals surface area contributed by atoms with E-state index in [1.807, 2.05) is 36.4 Å². The molecule has 1 unspecified atom stereocenters. The van der Waals surface area contributed by atoms with Gasteiger partial charge in [-0.3, -0.25) is 4.79 Å². The molecule has 1 amide bonds. The number of carbonyl (C=O) groups excluding carboxylic acids is 1. The van der Waals surface area contributed by atoms with Crippen molar-refractivity contribution in [1.82, 2.24) is 0 Å². The van der Waals surface area contributed by atoms with Gasteiger partial charge < -0.3 is 10.2 Å². The molecule has 25 heavy (non-hydrogen) atoms. The summed E-state index contributed by atoms with van der Waals surface area (Å²) in [7, 11) is 0. The van der Waals surface area contributed by atoms with E-state index < -0.39 is 0 Å². The lowest BCUT2D eigenvalue weighted by molar-refractivity contribution is -0.117. The summed E-state index contributed by atoms with van der Waals surface area (Å²) in [6, 6.07) is 18.3. The van der Waals surface area contributed by atoms with Crippen LogP contribution in [0.25, 0.3) is 0 Å². The molecule has 1 heterocycles. The molecule has 0 aliphatic carbocycles. The van der Waals surface area contributed by atoms with Gasteiger partial charge in [0.05, 0.1) is 17.3 Å². The summed E-state index contributed by atoms with van der Waals surface area (Å²) in [6.07, 6.45) is 3.30. The second-order valence-electron chi connectivity index (χ2n) is 7.29. The van der Waals surface area contributed by atoms with Crippen LogP contribution in [0.3, 0.4) is 0 Å². The van der Waals surface area contributed by atoms with Crippen LogP contribution in [0, 0.1) is 5.92 Å². The lowest BCUT2D eigenvalue weighted by atomic mass is 9.89. The summed E-state index contributed by atoms with van der Waals surface area (Å²) in [5, 5.41) is 3.21. The zero-order valence-corrected chi connectivity index (χ0v) is 15.2. The lowest BCUT2D eigenvalue weighted by Gasteiger charge is -2.24. The van der Waals surface area contributed by atoms with E-state index in [-0.39, 0.29) is 11.8 Å². The molecule has 1 atom stereocenters. The van der Waals surface area contributed by atoms with Crippen LogP contribution in [0.2, 0.25) is 0 Å². The largest absolute Gasteiger partial charge is 0.370 e. The molecule has 0 spiro atoms. The number of hydrogen-bond donors (Lipinski definition) is 1. The Labute approximate surface area is 151 Å². The number of amides is 1. The average Bonchev–Trinajstić information content (AvgIpc) is 3.15. The topological polar surface area (TPSA) is 32.3 Å². The summed E-state index contributed by atoms with van der Waals surface area (Å²) >= 11 is 0. The second kappa shape index (κ2) is 8.19. The zero-order valence-electron chi connectivity index (χ0n) is 15.2. The van der Waals surface area contributed by atoms with E-state index >= 15 is 0 Å². The fraction of sp³-hybridized carbons (Fsp3) is 0.409. The molecule has 3 rings (SSSR count). The van der Waals surface area contributed by atoms with Crippen LogP contribution in [0.5, 0.6) is 0 Å². The number of nitrogens with one attached hydrogen (secondary N) is 1. The Morgan fingerprint density at radius 3 is 2.32 bits per heavy atom. The van der Waals surface area contributed by atoms with Gasteiger partial charge in [0.1, 0.15) is 0 Å². The number of carbonyl (C=O) groups is 1. The third-order valence-corrected chi connectivity index (χ3v) is 4.83. The first-order valence-corrected chi connectivity index (χ1v) is 9.35. The Morgan fingerprint density at radius 2 is 1.64 bits per heavy atom. The number of hydrogen-bond acceptors (Lipinski definition) is 2. The highest BCUT2D eigenvalue weighted by Crippen LogP contribution is 2.31. The van der Waals surface area contributed by atoms with Gasteiger partial charge in [0.2, 0.25) is 5.91 Å². The van der Waals surface area contributed by atoms with E-state index in [4.69, 9.17) is 0 Å². The molecule has 1 fully saturated rings. The monoisotopic (exact) mass is 336 g/mol. The van der Waals surface area contributed by atoms with Crippen LogP contribution < -0.4 is 10.2 Å². The highest BCUT2D eigenvalue weighted by molar-refractivity contribution is 5.98. The summed E-state index contributed by atoms with van der Waals surface area (Å²) in [5.41, 5.74) is 3.16. The summed E-state index contributed by atoms with van der Waals surface area (Å²) in [4.78, 5) is 15.5. The Hall–Kier alpha value is -2.29. The van der Waals surface area contributed by atoms with Crippen molar-refractivity contribution >= 4 is 17.3 Å². The Kier molecular flexibility index (Phi) is 5.75. The van der Waals surface area contributed by atoms with Crippen molar-refractivity contribution in [3.8, 4) is 0 Å². The minimum absolute atomic E-state index is 0.0894. The Bertz CT molecular complexity index is 690.